The third kappa shape index (κ3) is 3.14. The normalized spacial score (nSPS) is 12.8. The van der Waals surface area contributed by atoms with Crippen molar-refractivity contribution in [3.05, 3.63) is 60.2 Å². The molecule has 0 spiro atoms. The minimum Gasteiger partial charge on any atom is -0.469 e. The van der Waals surface area contributed by atoms with Crippen LogP contribution in [-0.2, 0) is 9.53 Å². The molecule has 0 aliphatic heterocycles. The molecule has 1 atom stereocenters. The van der Waals surface area contributed by atoms with Gasteiger partial charge >= 0.3 is 5.97 Å². The molecule has 1 N–H and O–H groups in total. The number of carbonyl (C=O) groups is 1. The first-order chi connectivity index (χ1) is 9.96. The van der Waals surface area contributed by atoms with Gasteiger partial charge in [0.05, 0.1) is 18.6 Å². The van der Waals surface area contributed by atoms with Crippen LogP contribution in [0.5, 0.6) is 0 Å². The number of carbonyl (C=O) groups excluding carboxylic acids is 1. The van der Waals surface area contributed by atoms with Crippen molar-refractivity contribution in [3.8, 4) is 11.1 Å². The molecule has 0 aliphatic carbocycles. The number of methoxy groups -OCH3 is 1. The van der Waals surface area contributed by atoms with Crippen LogP contribution >= 0.6 is 0 Å². The summed E-state index contributed by atoms with van der Waals surface area (Å²) in [5.41, 5.74) is 1.90. The van der Waals surface area contributed by atoms with Crippen LogP contribution in [0.3, 0.4) is 0 Å². The van der Waals surface area contributed by atoms with Gasteiger partial charge in [-0.2, -0.15) is 0 Å². The minimum absolute atomic E-state index is 0.429. The van der Waals surface area contributed by atoms with Crippen molar-refractivity contribution in [2.24, 2.45) is 5.41 Å². The Bertz CT molecular complexity index is 600. The predicted molar refractivity (Wildman–Crippen MR) is 82.6 cm³/mol. The van der Waals surface area contributed by atoms with Crippen LogP contribution in [0.4, 0.5) is 0 Å². The molecule has 2 aromatic rings. The van der Waals surface area contributed by atoms with Crippen LogP contribution in [0.25, 0.3) is 11.1 Å². The fraction of sp³-hybridized carbons (Fsp3) is 0.278. The lowest BCUT2D eigenvalue weighted by molar-refractivity contribution is -0.157. The van der Waals surface area contributed by atoms with Crippen LogP contribution < -0.4 is 0 Å². The Balaban J connectivity index is 2.25. The Hall–Kier alpha value is -2.13. The van der Waals surface area contributed by atoms with Gasteiger partial charge in [-0.05, 0) is 30.5 Å². The molecule has 21 heavy (non-hydrogen) atoms. The molecule has 3 heteroatoms. The van der Waals surface area contributed by atoms with E-state index in [-0.39, 0.29) is 0 Å². The largest absolute Gasteiger partial charge is 0.469 e. The molecule has 0 aromatic heterocycles. The van der Waals surface area contributed by atoms with E-state index in [1.54, 1.807) is 13.8 Å². The van der Waals surface area contributed by atoms with E-state index in [0.29, 0.717) is 5.56 Å². The first kappa shape index (κ1) is 15.3. The van der Waals surface area contributed by atoms with Crippen LogP contribution in [0, 0.1) is 5.41 Å². The quantitative estimate of drug-likeness (QED) is 0.873. The highest BCUT2D eigenvalue weighted by Crippen LogP contribution is 2.35. The van der Waals surface area contributed by atoms with Gasteiger partial charge in [0.1, 0.15) is 0 Å². The Kier molecular flexibility index (Phi) is 4.43. The third-order valence-electron chi connectivity index (χ3n) is 3.73. The maximum atomic E-state index is 11.8. The van der Waals surface area contributed by atoms with Gasteiger partial charge in [-0.25, -0.2) is 0 Å². The number of benzene rings is 2. The van der Waals surface area contributed by atoms with Gasteiger partial charge in [-0.3, -0.25) is 4.79 Å². The number of aliphatic hydroxyl groups is 1. The Morgan fingerprint density at radius 2 is 1.52 bits per heavy atom. The monoisotopic (exact) mass is 284 g/mol. The third-order valence-corrected chi connectivity index (χ3v) is 3.73. The molecule has 110 valence electrons. The van der Waals surface area contributed by atoms with Gasteiger partial charge in [-0.15, -0.1) is 0 Å². The molecule has 0 amide bonds. The van der Waals surface area contributed by atoms with E-state index in [1.165, 1.54) is 7.11 Å². The topological polar surface area (TPSA) is 46.5 Å². The lowest BCUT2D eigenvalue weighted by Gasteiger charge is -2.27. The number of rotatable bonds is 4. The van der Waals surface area contributed by atoms with E-state index in [2.05, 4.69) is 0 Å². The molecule has 0 heterocycles. The van der Waals surface area contributed by atoms with Crippen molar-refractivity contribution in [2.45, 2.75) is 20.0 Å². The Labute approximate surface area is 125 Å². The van der Waals surface area contributed by atoms with E-state index < -0.39 is 17.5 Å². The van der Waals surface area contributed by atoms with E-state index >= 15 is 0 Å². The van der Waals surface area contributed by atoms with Crippen LogP contribution in [0.2, 0.25) is 0 Å². The van der Waals surface area contributed by atoms with Crippen LogP contribution in [0.15, 0.2) is 54.6 Å². The molecule has 0 unspecified atom stereocenters. The predicted octanol–water partition coefficient (Wildman–Crippen LogP) is 3.59. The number of aliphatic hydroxyl groups excluding tert-OH is 1. The Morgan fingerprint density at radius 1 is 1.00 bits per heavy atom. The van der Waals surface area contributed by atoms with E-state index in [4.69, 9.17) is 4.74 Å². The number of hydrogen-bond donors (Lipinski definition) is 1. The fourth-order valence-corrected chi connectivity index (χ4v) is 2.28. The van der Waals surface area contributed by atoms with Gasteiger partial charge < -0.3 is 9.84 Å². The molecular formula is C18H20O3. The van der Waals surface area contributed by atoms with Crippen LogP contribution in [0.1, 0.15) is 25.5 Å². The maximum Gasteiger partial charge on any atom is 0.314 e. The second kappa shape index (κ2) is 6.10. The molecule has 2 aromatic carbocycles. The summed E-state index contributed by atoms with van der Waals surface area (Å²) in [6.07, 6.45) is -0.908. The highest BCUT2D eigenvalue weighted by atomic mass is 16.5. The lowest BCUT2D eigenvalue weighted by atomic mass is 9.82. The second-order valence-corrected chi connectivity index (χ2v) is 5.60. The highest BCUT2D eigenvalue weighted by molar-refractivity contribution is 5.77. The van der Waals surface area contributed by atoms with Crippen molar-refractivity contribution >= 4 is 5.97 Å². The Morgan fingerprint density at radius 3 is 2.05 bits per heavy atom. The zero-order valence-electron chi connectivity index (χ0n) is 12.5. The summed E-state index contributed by atoms with van der Waals surface area (Å²) in [6, 6.07) is 17.6. The summed E-state index contributed by atoms with van der Waals surface area (Å²) in [5.74, 6) is -0.429. The average Bonchev–Trinajstić information content (AvgIpc) is 2.54. The maximum absolute atomic E-state index is 11.8. The molecule has 0 saturated carbocycles. The number of ether oxygens (including phenoxy) is 1. The zero-order valence-corrected chi connectivity index (χ0v) is 12.5. The zero-order chi connectivity index (χ0) is 15.5. The number of esters is 1. The summed E-state index contributed by atoms with van der Waals surface area (Å²) < 4.78 is 4.75. The second-order valence-electron chi connectivity index (χ2n) is 5.60. The first-order valence-corrected chi connectivity index (χ1v) is 6.88. The van der Waals surface area contributed by atoms with Crippen molar-refractivity contribution < 1.29 is 14.6 Å². The molecular weight excluding hydrogens is 264 g/mol. The number of hydrogen-bond acceptors (Lipinski definition) is 3. The summed E-state index contributed by atoms with van der Waals surface area (Å²) in [6.45, 7) is 3.35. The molecule has 0 saturated heterocycles. The van der Waals surface area contributed by atoms with Crippen LogP contribution in [-0.4, -0.2) is 18.2 Å². The van der Waals surface area contributed by atoms with E-state index in [0.717, 1.165) is 11.1 Å². The van der Waals surface area contributed by atoms with Gasteiger partial charge in [-0.1, -0.05) is 54.6 Å². The summed E-state index contributed by atoms with van der Waals surface area (Å²) in [5, 5.41) is 10.4. The van der Waals surface area contributed by atoms with E-state index in [1.807, 2.05) is 54.6 Å². The smallest absolute Gasteiger partial charge is 0.314 e. The SMILES string of the molecule is COC(=O)C(C)(C)[C@H](O)c1ccc(-c2ccccc2)cc1. The molecule has 0 aliphatic rings. The molecule has 0 fully saturated rings. The van der Waals surface area contributed by atoms with Gasteiger partial charge in [0.2, 0.25) is 0 Å². The minimum atomic E-state index is -0.983. The van der Waals surface area contributed by atoms with Gasteiger partial charge in [0, 0.05) is 0 Å². The lowest BCUT2D eigenvalue weighted by Crippen LogP contribution is -2.32. The molecule has 2 rings (SSSR count). The van der Waals surface area contributed by atoms with Crippen molar-refractivity contribution in [3.63, 3.8) is 0 Å². The van der Waals surface area contributed by atoms with Gasteiger partial charge in [0.25, 0.3) is 0 Å². The van der Waals surface area contributed by atoms with Crippen molar-refractivity contribution in [1.82, 2.24) is 0 Å². The molecule has 3 nitrogen and oxygen atoms in total. The van der Waals surface area contributed by atoms with Crippen molar-refractivity contribution in [2.75, 3.05) is 7.11 Å². The molecule has 0 bridgehead atoms. The first-order valence-electron chi connectivity index (χ1n) is 6.88. The van der Waals surface area contributed by atoms with Gasteiger partial charge in [0.15, 0.2) is 0 Å². The van der Waals surface area contributed by atoms with E-state index in [9.17, 15) is 9.90 Å². The average molecular weight is 284 g/mol. The summed E-state index contributed by atoms with van der Waals surface area (Å²) >= 11 is 0. The van der Waals surface area contributed by atoms with Crippen molar-refractivity contribution in [1.29, 1.82) is 0 Å². The summed E-state index contributed by atoms with van der Waals surface area (Å²) in [7, 11) is 1.33. The standard InChI is InChI=1S/C18H20O3/c1-18(2,17(20)21-3)16(19)15-11-9-14(10-12-15)13-7-5-4-6-8-13/h4-12,16,19H,1-3H3/t16-/m1/s1. The fourth-order valence-electron chi connectivity index (χ4n) is 2.28. The summed E-state index contributed by atoms with van der Waals surface area (Å²) in [4.78, 5) is 11.8. The highest BCUT2D eigenvalue weighted by Gasteiger charge is 2.37. The molecule has 0 radical (unpaired) electrons.